The molecule has 122 valence electrons. The zero-order chi connectivity index (χ0) is 15.9. The Morgan fingerprint density at radius 1 is 1.22 bits per heavy atom. The van der Waals surface area contributed by atoms with Crippen LogP contribution in [0.25, 0.3) is 10.4 Å². The number of allylic oxidation sites excluding steroid dienone is 1. The smallest absolute Gasteiger partial charge is 0.118 e. The van der Waals surface area contributed by atoms with Gasteiger partial charge in [-0.2, -0.15) is 0 Å². The highest BCUT2D eigenvalue weighted by molar-refractivity contribution is 7.15. The molecule has 0 spiro atoms. The second kappa shape index (κ2) is 8.27. The Labute approximate surface area is 142 Å². The van der Waals surface area contributed by atoms with E-state index in [1.54, 1.807) is 24.0 Å². The molecule has 0 unspecified atom stereocenters. The summed E-state index contributed by atoms with van der Waals surface area (Å²) in [5, 5.41) is 4.67. The van der Waals surface area contributed by atoms with Gasteiger partial charge >= 0.3 is 0 Å². The molecule has 1 heterocycles. The van der Waals surface area contributed by atoms with Crippen LogP contribution in [-0.4, -0.2) is 18.6 Å². The van der Waals surface area contributed by atoms with Crippen molar-refractivity contribution in [1.29, 1.82) is 0 Å². The van der Waals surface area contributed by atoms with Crippen LogP contribution >= 0.6 is 11.3 Å². The summed E-state index contributed by atoms with van der Waals surface area (Å²) in [6.07, 6.45) is 10.9. The monoisotopic (exact) mass is 328 g/mol. The number of methoxy groups -OCH3 is 1. The molecule has 0 amide bonds. The maximum atomic E-state index is 5.20. The number of benzene rings is 1. The first-order valence-corrected chi connectivity index (χ1v) is 9.14. The van der Waals surface area contributed by atoms with Gasteiger partial charge in [-0.25, -0.2) is 4.98 Å². The maximum Gasteiger partial charge on any atom is 0.118 e. The maximum absolute atomic E-state index is 5.20. The Hall–Kier alpha value is -1.65. The number of hydrogen-bond donors (Lipinski definition) is 1. The lowest BCUT2D eigenvalue weighted by atomic mass is 9.97. The standard InChI is InChI=1S/C19H24N2OS/c1-22-17-9-7-16(8-10-17)18-13-21-19(23-18)14-20-12-11-15-5-3-2-4-6-15/h5,7-10,13,20H,2-4,6,11-12,14H2,1H3. The van der Waals surface area contributed by atoms with Crippen LogP contribution < -0.4 is 10.1 Å². The molecular formula is C19H24N2OS. The Morgan fingerprint density at radius 2 is 2.09 bits per heavy atom. The first-order chi connectivity index (χ1) is 11.3. The largest absolute Gasteiger partial charge is 0.497 e. The lowest BCUT2D eigenvalue weighted by molar-refractivity contribution is 0.415. The van der Waals surface area contributed by atoms with E-state index >= 15 is 0 Å². The van der Waals surface area contributed by atoms with Crippen LogP contribution in [0.3, 0.4) is 0 Å². The highest BCUT2D eigenvalue weighted by Crippen LogP contribution is 2.27. The number of hydrogen-bond acceptors (Lipinski definition) is 4. The van der Waals surface area contributed by atoms with E-state index < -0.39 is 0 Å². The fourth-order valence-corrected chi connectivity index (χ4v) is 3.75. The highest BCUT2D eigenvalue weighted by atomic mass is 32.1. The third-order valence-corrected chi connectivity index (χ3v) is 5.26. The SMILES string of the molecule is COc1ccc(-c2cnc(CNCCC3=CCCCC3)s2)cc1. The summed E-state index contributed by atoms with van der Waals surface area (Å²) < 4.78 is 5.20. The molecule has 23 heavy (non-hydrogen) atoms. The van der Waals surface area contributed by atoms with Gasteiger partial charge in [0.1, 0.15) is 10.8 Å². The van der Waals surface area contributed by atoms with Gasteiger partial charge in [0.15, 0.2) is 0 Å². The van der Waals surface area contributed by atoms with E-state index in [0.29, 0.717) is 0 Å². The first kappa shape index (κ1) is 16.2. The molecule has 0 saturated heterocycles. The topological polar surface area (TPSA) is 34.1 Å². The predicted molar refractivity (Wildman–Crippen MR) is 97.0 cm³/mol. The van der Waals surface area contributed by atoms with E-state index in [-0.39, 0.29) is 0 Å². The minimum absolute atomic E-state index is 0.855. The lowest BCUT2D eigenvalue weighted by Crippen LogP contribution is -2.15. The molecule has 0 atom stereocenters. The molecule has 0 radical (unpaired) electrons. The number of ether oxygens (including phenoxy) is 1. The molecule has 1 aliphatic rings. The number of nitrogens with one attached hydrogen (secondary N) is 1. The molecule has 0 bridgehead atoms. The minimum Gasteiger partial charge on any atom is -0.497 e. The normalized spacial score (nSPS) is 14.6. The fraction of sp³-hybridized carbons (Fsp3) is 0.421. The summed E-state index contributed by atoms with van der Waals surface area (Å²) in [4.78, 5) is 5.74. The Kier molecular flexibility index (Phi) is 5.83. The van der Waals surface area contributed by atoms with Gasteiger partial charge in [-0.3, -0.25) is 0 Å². The Bertz CT molecular complexity index is 646. The number of rotatable bonds is 7. The van der Waals surface area contributed by atoms with Crippen molar-refractivity contribution < 1.29 is 4.74 Å². The van der Waals surface area contributed by atoms with Crippen molar-refractivity contribution in [1.82, 2.24) is 10.3 Å². The van der Waals surface area contributed by atoms with Crippen LogP contribution in [0, 0.1) is 0 Å². The second-order valence-electron chi connectivity index (χ2n) is 5.88. The van der Waals surface area contributed by atoms with Crippen molar-refractivity contribution in [2.24, 2.45) is 0 Å². The van der Waals surface area contributed by atoms with Gasteiger partial charge in [0.05, 0.1) is 12.0 Å². The van der Waals surface area contributed by atoms with E-state index in [1.807, 2.05) is 18.3 Å². The molecule has 1 aliphatic carbocycles. The molecule has 0 saturated carbocycles. The quantitative estimate of drug-likeness (QED) is 0.585. The van der Waals surface area contributed by atoms with E-state index in [1.165, 1.54) is 42.5 Å². The van der Waals surface area contributed by atoms with E-state index in [2.05, 4.69) is 28.5 Å². The van der Waals surface area contributed by atoms with Crippen LogP contribution in [0.15, 0.2) is 42.1 Å². The van der Waals surface area contributed by atoms with Crippen LogP contribution in [-0.2, 0) is 6.54 Å². The molecule has 0 aliphatic heterocycles. The van der Waals surface area contributed by atoms with Crippen LogP contribution in [0.5, 0.6) is 5.75 Å². The molecule has 1 aromatic carbocycles. The van der Waals surface area contributed by atoms with Crippen molar-refractivity contribution >= 4 is 11.3 Å². The summed E-state index contributed by atoms with van der Waals surface area (Å²) in [6.45, 7) is 1.90. The van der Waals surface area contributed by atoms with Crippen LogP contribution in [0.1, 0.15) is 37.1 Å². The summed E-state index contributed by atoms with van der Waals surface area (Å²) in [6, 6.07) is 8.15. The van der Waals surface area contributed by atoms with Crippen LogP contribution in [0.2, 0.25) is 0 Å². The third kappa shape index (κ3) is 4.66. The van der Waals surface area contributed by atoms with Gasteiger partial charge in [-0.1, -0.05) is 11.6 Å². The minimum atomic E-state index is 0.855. The van der Waals surface area contributed by atoms with Gasteiger partial charge in [0.25, 0.3) is 0 Å². The summed E-state index contributed by atoms with van der Waals surface area (Å²) in [5.74, 6) is 0.886. The van der Waals surface area contributed by atoms with Gasteiger partial charge in [0.2, 0.25) is 0 Å². The van der Waals surface area contributed by atoms with E-state index in [4.69, 9.17) is 4.74 Å². The highest BCUT2D eigenvalue weighted by Gasteiger charge is 2.06. The average molecular weight is 328 g/mol. The zero-order valence-corrected chi connectivity index (χ0v) is 14.5. The fourth-order valence-electron chi connectivity index (χ4n) is 2.86. The van der Waals surface area contributed by atoms with Crippen molar-refractivity contribution in [3.05, 3.63) is 47.1 Å². The van der Waals surface area contributed by atoms with Crippen molar-refractivity contribution in [2.45, 2.75) is 38.6 Å². The van der Waals surface area contributed by atoms with Crippen LogP contribution in [0.4, 0.5) is 0 Å². The summed E-state index contributed by atoms with van der Waals surface area (Å²) in [5.41, 5.74) is 2.82. The lowest BCUT2D eigenvalue weighted by Gasteiger charge is -2.12. The molecule has 2 aromatic rings. The molecule has 3 rings (SSSR count). The van der Waals surface area contributed by atoms with Gasteiger partial charge < -0.3 is 10.1 Å². The predicted octanol–water partition coefficient (Wildman–Crippen LogP) is 4.80. The zero-order valence-electron chi connectivity index (χ0n) is 13.7. The molecule has 1 aromatic heterocycles. The molecule has 0 fully saturated rings. The number of nitrogens with zero attached hydrogens (tertiary/aromatic N) is 1. The summed E-state index contributed by atoms with van der Waals surface area (Å²) in [7, 11) is 1.69. The van der Waals surface area contributed by atoms with Gasteiger partial charge in [0, 0.05) is 12.7 Å². The van der Waals surface area contributed by atoms with E-state index in [0.717, 1.165) is 23.8 Å². The van der Waals surface area contributed by atoms with Crippen molar-refractivity contribution in [2.75, 3.05) is 13.7 Å². The van der Waals surface area contributed by atoms with Crippen molar-refractivity contribution in [3.8, 4) is 16.2 Å². The summed E-state index contributed by atoms with van der Waals surface area (Å²) >= 11 is 1.76. The van der Waals surface area contributed by atoms with Gasteiger partial charge in [-0.05, 0) is 68.5 Å². The molecule has 3 nitrogen and oxygen atoms in total. The molecular weight excluding hydrogens is 304 g/mol. The first-order valence-electron chi connectivity index (χ1n) is 8.33. The molecule has 4 heteroatoms. The number of thiazole rings is 1. The van der Waals surface area contributed by atoms with E-state index in [9.17, 15) is 0 Å². The molecule has 1 N–H and O–H groups in total. The number of aromatic nitrogens is 1. The Balaban J connectivity index is 1.47. The average Bonchev–Trinajstić information content (AvgIpc) is 3.09. The van der Waals surface area contributed by atoms with Gasteiger partial charge in [-0.15, -0.1) is 11.3 Å². The second-order valence-corrected chi connectivity index (χ2v) is 7.00. The van der Waals surface area contributed by atoms with Crippen molar-refractivity contribution in [3.63, 3.8) is 0 Å². The Morgan fingerprint density at radius 3 is 2.83 bits per heavy atom. The third-order valence-electron chi connectivity index (χ3n) is 4.21.